The predicted molar refractivity (Wildman–Crippen MR) is 93.2 cm³/mol. The van der Waals surface area contributed by atoms with Gasteiger partial charge >= 0.3 is 0 Å². The van der Waals surface area contributed by atoms with Crippen molar-refractivity contribution in [1.82, 2.24) is 15.0 Å². The molecule has 0 aliphatic carbocycles. The minimum Gasteiger partial charge on any atom is -0.324 e. The molecule has 0 spiro atoms. The van der Waals surface area contributed by atoms with Crippen LogP contribution < -0.4 is 10.9 Å². The summed E-state index contributed by atoms with van der Waals surface area (Å²) in [7, 11) is 0. The van der Waals surface area contributed by atoms with Gasteiger partial charge in [0.25, 0.3) is 5.56 Å². The molecule has 1 amide bonds. The molecule has 8 heteroatoms. The van der Waals surface area contributed by atoms with E-state index < -0.39 is 23.3 Å². The molecule has 1 unspecified atom stereocenters. The van der Waals surface area contributed by atoms with Gasteiger partial charge in [-0.1, -0.05) is 35.9 Å². The van der Waals surface area contributed by atoms with Gasteiger partial charge in [0.2, 0.25) is 5.91 Å². The third-order valence-corrected chi connectivity index (χ3v) is 4.05. The number of fused-ring (bicyclic) bond motifs is 1. The van der Waals surface area contributed by atoms with Gasteiger partial charge in [-0.3, -0.25) is 9.59 Å². The average Bonchev–Trinajstić information content (AvgIpc) is 2.61. The number of anilines is 1. The van der Waals surface area contributed by atoms with Gasteiger partial charge < -0.3 is 5.32 Å². The van der Waals surface area contributed by atoms with Crippen LogP contribution in [0.1, 0.15) is 19.4 Å². The van der Waals surface area contributed by atoms with Gasteiger partial charge in [-0.25, -0.2) is 4.39 Å². The zero-order valence-electron chi connectivity index (χ0n) is 13.2. The van der Waals surface area contributed by atoms with Crippen LogP contribution in [0.3, 0.4) is 0 Å². The topological polar surface area (TPSA) is 76.9 Å². The number of carbonyl (C=O) groups is 1. The zero-order valence-corrected chi connectivity index (χ0v) is 14.0. The highest BCUT2D eigenvalue weighted by Gasteiger charge is 2.22. The summed E-state index contributed by atoms with van der Waals surface area (Å²) in [5.41, 5.74) is 0.394. The number of rotatable bonds is 4. The fourth-order valence-electron chi connectivity index (χ4n) is 2.47. The predicted octanol–water partition coefficient (Wildman–Crippen LogP) is 3.17. The Labute approximate surface area is 147 Å². The number of hydrogen-bond donors (Lipinski definition) is 1. The van der Waals surface area contributed by atoms with E-state index in [9.17, 15) is 14.0 Å². The van der Waals surface area contributed by atoms with Crippen LogP contribution in [0.4, 0.5) is 10.1 Å². The molecule has 0 bridgehead atoms. The van der Waals surface area contributed by atoms with Crippen LogP contribution in [0.5, 0.6) is 0 Å². The van der Waals surface area contributed by atoms with Gasteiger partial charge in [0.1, 0.15) is 17.4 Å². The highest BCUT2D eigenvalue weighted by Crippen LogP contribution is 2.21. The molecular formula is C17H14ClFN4O2. The lowest BCUT2D eigenvalue weighted by atomic mass is 10.2. The van der Waals surface area contributed by atoms with E-state index >= 15 is 0 Å². The Kier molecular flexibility index (Phi) is 4.76. The number of aromatic nitrogens is 3. The van der Waals surface area contributed by atoms with E-state index in [1.54, 1.807) is 31.2 Å². The highest BCUT2D eigenvalue weighted by molar-refractivity contribution is 6.31. The molecule has 1 aromatic heterocycles. The Morgan fingerprint density at radius 1 is 1.32 bits per heavy atom. The third-order valence-electron chi connectivity index (χ3n) is 3.76. The monoisotopic (exact) mass is 360 g/mol. The van der Waals surface area contributed by atoms with Crippen molar-refractivity contribution in [3.63, 3.8) is 0 Å². The van der Waals surface area contributed by atoms with E-state index in [1.165, 1.54) is 12.1 Å². The summed E-state index contributed by atoms with van der Waals surface area (Å²) in [6.07, 6.45) is 0.327. The first-order valence-corrected chi connectivity index (χ1v) is 7.99. The summed E-state index contributed by atoms with van der Waals surface area (Å²) in [5, 5.41) is 10.8. The molecule has 1 atom stereocenters. The lowest BCUT2D eigenvalue weighted by Gasteiger charge is -2.16. The van der Waals surface area contributed by atoms with E-state index in [4.69, 9.17) is 11.6 Å². The van der Waals surface area contributed by atoms with E-state index in [1.807, 2.05) is 0 Å². The van der Waals surface area contributed by atoms with Crippen LogP contribution in [0.2, 0.25) is 5.02 Å². The number of nitrogens with one attached hydrogen (secondary N) is 1. The third kappa shape index (κ3) is 3.36. The molecule has 0 aliphatic heterocycles. The van der Waals surface area contributed by atoms with Crippen molar-refractivity contribution in [1.29, 1.82) is 0 Å². The van der Waals surface area contributed by atoms with Gasteiger partial charge in [-0.15, -0.1) is 5.10 Å². The van der Waals surface area contributed by atoms with Gasteiger partial charge in [0.15, 0.2) is 0 Å². The van der Waals surface area contributed by atoms with Gasteiger partial charge in [0, 0.05) is 5.69 Å². The number of nitrogens with zero attached hydrogens (tertiary/aromatic N) is 3. The van der Waals surface area contributed by atoms with Crippen LogP contribution in [-0.4, -0.2) is 20.9 Å². The molecule has 1 heterocycles. The maximum atomic E-state index is 13.2. The van der Waals surface area contributed by atoms with Gasteiger partial charge in [-0.2, -0.15) is 4.68 Å². The minimum atomic E-state index is -0.853. The SMILES string of the molecule is CCC(C(=O)Nc1ccc(F)c(Cl)c1)n1nnc2ccccc2c1=O. The second-order valence-electron chi connectivity index (χ2n) is 5.40. The van der Waals surface area contributed by atoms with Crippen molar-refractivity contribution in [2.75, 3.05) is 5.32 Å². The molecule has 128 valence electrons. The summed E-state index contributed by atoms with van der Waals surface area (Å²) in [6.45, 7) is 1.76. The molecule has 6 nitrogen and oxygen atoms in total. The lowest BCUT2D eigenvalue weighted by Crippen LogP contribution is -2.35. The number of carbonyl (C=O) groups excluding carboxylic acids is 1. The maximum absolute atomic E-state index is 13.2. The summed E-state index contributed by atoms with van der Waals surface area (Å²) in [6, 6.07) is 9.77. The smallest absolute Gasteiger partial charge is 0.278 e. The van der Waals surface area contributed by atoms with Gasteiger partial charge in [-0.05, 0) is 36.8 Å². The first kappa shape index (κ1) is 17.0. The van der Waals surface area contributed by atoms with Gasteiger partial charge in [0.05, 0.1) is 10.4 Å². The van der Waals surface area contributed by atoms with Crippen molar-refractivity contribution in [3.05, 3.63) is 63.7 Å². The Bertz CT molecular complexity index is 1010. The van der Waals surface area contributed by atoms with Crippen molar-refractivity contribution in [2.24, 2.45) is 0 Å². The highest BCUT2D eigenvalue weighted by atomic mass is 35.5. The molecule has 3 aromatic rings. The molecular weight excluding hydrogens is 347 g/mol. The van der Waals surface area contributed by atoms with E-state index in [0.717, 1.165) is 10.7 Å². The zero-order chi connectivity index (χ0) is 18.0. The Morgan fingerprint density at radius 3 is 2.80 bits per heavy atom. The number of amides is 1. The number of halogens is 2. The quantitative estimate of drug-likeness (QED) is 0.775. The molecule has 0 aliphatic rings. The minimum absolute atomic E-state index is 0.103. The van der Waals surface area contributed by atoms with Crippen molar-refractivity contribution in [3.8, 4) is 0 Å². The largest absolute Gasteiger partial charge is 0.324 e. The summed E-state index contributed by atoms with van der Waals surface area (Å²) >= 11 is 5.71. The first-order valence-electron chi connectivity index (χ1n) is 7.61. The Balaban J connectivity index is 1.94. The average molecular weight is 361 g/mol. The number of benzene rings is 2. The van der Waals surface area contributed by atoms with E-state index in [2.05, 4.69) is 15.6 Å². The molecule has 0 radical (unpaired) electrons. The van der Waals surface area contributed by atoms with Crippen molar-refractivity contribution >= 4 is 34.1 Å². The van der Waals surface area contributed by atoms with Crippen LogP contribution >= 0.6 is 11.6 Å². The van der Waals surface area contributed by atoms with Crippen molar-refractivity contribution in [2.45, 2.75) is 19.4 Å². The molecule has 0 fully saturated rings. The lowest BCUT2D eigenvalue weighted by molar-refractivity contribution is -0.119. The standard InChI is InChI=1S/C17H14ClFN4O2/c1-2-15(16(24)20-10-7-8-13(19)12(18)9-10)23-17(25)11-5-3-4-6-14(11)21-22-23/h3-9,15H,2H2,1H3,(H,20,24). The van der Waals surface area contributed by atoms with E-state index in [0.29, 0.717) is 23.0 Å². The van der Waals surface area contributed by atoms with Crippen LogP contribution in [0.25, 0.3) is 10.9 Å². The summed E-state index contributed by atoms with van der Waals surface area (Å²) in [5.74, 6) is -1.04. The fraction of sp³-hybridized carbons (Fsp3) is 0.176. The molecule has 1 N–H and O–H groups in total. The second kappa shape index (κ2) is 6.98. The van der Waals surface area contributed by atoms with E-state index in [-0.39, 0.29) is 5.02 Å². The Morgan fingerprint density at radius 2 is 2.08 bits per heavy atom. The molecule has 0 saturated heterocycles. The van der Waals surface area contributed by atoms with Crippen LogP contribution in [-0.2, 0) is 4.79 Å². The van der Waals surface area contributed by atoms with Crippen molar-refractivity contribution < 1.29 is 9.18 Å². The normalized spacial score (nSPS) is 12.1. The molecule has 25 heavy (non-hydrogen) atoms. The first-order chi connectivity index (χ1) is 12.0. The fourth-order valence-corrected chi connectivity index (χ4v) is 2.66. The summed E-state index contributed by atoms with van der Waals surface area (Å²) < 4.78 is 14.3. The molecule has 0 saturated carbocycles. The maximum Gasteiger partial charge on any atom is 0.278 e. The molecule has 2 aromatic carbocycles. The Hall–Kier alpha value is -2.80. The summed E-state index contributed by atoms with van der Waals surface area (Å²) in [4.78, 5) is 25.1. The number of hydrogen-bond acceptors (Lipinski definition) is 4. The second-order valence-corrected chi connectivity index (χ2v) is 5.81. The van der Waals surface area contributed by atoms with Crippen LogP contribution in [0, 0.1) is 5.82 Å². The molecule has 3 rings (SSSR count). The van der Waals surface area contributed by atoms with Crippen LogP contribution in [0.15, 0.2) is 47.3 Å².